The molecule has 0 aliphatic rings. The average molecular weight is 294 g/mol. The Morgan fingerprint density at radius 2 is 2.10 bits per heavy atom. The van der Waals surface area contributed by atoms with Gasteiger partial charge in [0.15, 0.2) is 0 Å². The zero-order valence-electron chi connectivity index (χ0n) is 11.6. The van der Waals surface area contributed by atoms with E-state index in [1.165, 1.54) is 0 Å². The highest BCUT2D eigenvalue weighted by molar-refractivity contribution is 7.89. The van der Waals surface area contributed by atoms with Gasteiger partial charge in [0, 0.05) is 12.1 Å². The highest BCUT2D eigenvalue weighted by Gasteiger charge is 2.15. The highest BCUT2D eigenvalue weighted by atomic mass is 32.2. The van der Waals surface area contributed by atoms with Crippen molar-refractivity contribution in [2.75, 3.05) is 6.54 Å². The lowest BCUT2D eigenvalue weighted by molar-refractivity contribution is 0.418. The first kappa shape index (κ1) is 14.7. The predicted octanol–water partition coefficient (Wildman–Crippen LogP) is 2.20. The minimum atomic E-state index is -3.44. The van der Waals surface area contributed by atoms with E-state index in [9.17, 15) is 8.42 Å². The van der Waals surface area contributed by atoms with Crippen molar-refractivity contribution in [2.24, 2.45) is 0 Å². The molecule has 20 heavy (non-hydrogen) atoms. The first-order chi connectivity index (χ1) is 9.49. The molecule has 1 heterocycles. The Labute approximate surface area is 119 Å². The van der Waals surface area contributed by atoms with Gasteiger partial charge in [-0.2, -0.15) is 0 Å². The topological polar surface area (TPSA) is 72.2 Å². The second kappa shape index (κ2) is 6.19. The maximum atomic E-state index is 12.2. The number of nitrogens with one attached hydrogen (secondary N) is 1. The second-order valence-corrected chi connectivity index (χ2v) is 6.54. The monoisotopic (exact) mass is 294 g/mol. The number of sulfonamides is 1. The fourth-order valence-electron chi connectivity index (χ4n) is 2.03. The molecule has 0 aliphatic heterocycles. The predicted molar refractivity (Wildman–Crippen MR) is 75.9 cm³/mol. The van der Waals surface area contributed by atoms with Gasteiger partial charge in [0.05, 0.1) is 11.1 Å². The largest absolute Gasteiger partial charge is 0.364 e. The van der Waals surface area contributed by atoms with Crippen LogP contribution in [0.5, 0.6) is 0 Å². The van der Waals surface area contributed by atoms with Crippen LogP contribution >= 0.6 is 0 Å². The van der Waals surface area contributed by atoms with Crippen LogP contribution in [0, 0.1) is 13.8 Å². The molecule has 108 valence electrons. The van der Waals surface area contributed by atoms with Crippen molar-refractivity contribution in [2.45, 2.75) is 31.6 Å². The molecule has 1 N–H and O–H groups in total. The Hall–Kier alpha value is -1.66. The quantitative estimate of drug-likeness (QED) is 0.829. The highest BCUT2D eigenvalue weighted by Crippen LogP contribution is 2.16. The van der Waals surface area contributed by atoms with E-state index in [0.717, 1.165) is 23.1 Å². The summed E-state index contributed by atoms with van der Waals surface area (Å²) in [6.45, 7) is 4.13. The smallest absolute Gasteiger partial charge is 0.240 e. The van der Waals surface area contributed by atoms with E-state index in [-0.39, 0.29) is 0 Å². The van der Waals surface area contributed by atoms with Crippen LogP contribution in [0.4, 0.5) is 0 Å². The van der Waals surface area contributed by atoms with Gasteiger partial charge in [0.1, 0.15) is 6.26 Å². The summed E-state index contributed by atoms with van der Waals surface area (Å²) in [4.78, 5) is 0.341. The SMILES string of the molecule is Cc1ccc(S(=O)(=O)NCCCc2cnoc2)c(C)c1. The Balaban J connectivity index is 1.93. The van der Waals surface area contributed by atoms with Crippen LogP contribution in [-0.4, -0.2) is 20.1 Å². The van der Waals surface area contributed by atoms with Crippen molar-refractivity contribution in [3.8, 4) is 0 Å². The lowest BCUT2D eigenvalue weighted by Gasteiger charge is -2.09. The van der Waals surface area contributed by atoms with E-state index < -0.39 is 10.0 Å². The summed E-state index contributed by atoms with van der Waals surface area (Å²) >= 11 is 0. The Kier molecular flexibility index (Phi) is 4.57. The minimum Gasteiger partial charge on any atom is -0.364 e. The van der Waals surface area contributed by atoms with Crippen molar-refractivity contribution >= 4 is 10.0 Å². The number of hydrogen-bond donors (Lipinski definition) is 1. The van der Waals surface area contributed by atoms with Gasteiger partial charge in [-0.05, 0) is 38.3 Å². The van der Waals surface area contributed by atoms with Gasteiger partial charge in [-0.15, -0.1) is 0 Å². The van der Waals surface area contributed by atoms with Crippen molar-refractivity contribution in [3.63, 3.8) is 0 Å². The van der Waals surface area contributed by atoms with Crippen molar-refractivity contribution in [1.29, 1.82) is 0 Å². The van der Waals surface area contributed by atoms with Crippen LogP contribution in [0.1, 0.15) is 23.1 Å². The van der Waals surface area contributed by atoms with Gasteiger partial charge in [-0.1, -0.05) is 22.9 Å². The maximum absolute atomic E-state index is 12.2. The fourth-order valence-corrected chi connectivity index (χ4v) is 3.33. The molecule has 2 rings (SSSR count). The van der Waals surface area contributed by atoms with Crippen LogP contribution in [0.15, 0.2) is 40.1 Å². The molecule has 0 bridgehead atoms. The van der Waals surface area contributed by atoms with Gasteiger partial charge >= 0.3 is 0 Å². The number of rotatable bonds is 6. The third-order valence-corrected chi connectivity index (χ3v) is 4.66. The van der Waals surface area contributed by atoms with Crippen molar-refractivity contribution in [1.82, 2.24) is 9.88 Å². The van der Waals surface area contributed by atoms with E-state index in [1.54, 1.807) is 31.5 Å². The van der Waals surface area contributed by atoms with E-state index in [0.29, 0.717) is 17.9 Å². The molecule has 1 aromatic carbocycles. The molecular weight excluding hydrogens is 276 g/mol. The standard InChI is InChI=1S/C14H18N2O3S/c1-11-5-6-14(12(2)8-11)20(17,18)16-7-3-4-13-9-15-19-10-13/h5-6,8-10,16H,3-4,7H2,1-2H3. The summed E-state index contributed by atoms with van der Waals surface area (Å²) in [6, 6.07) is 5.32. The van der Waals surface area contributed by atoms with Crippen LogP contribution in [-0.2, 0) is 16.4 Å². The molecule has 0 radical (unpaired) electrons. The molecule has 1 aromatic heterocycles. The van der Waals surface area contributed by atoms with E-state index >= 15 is 0 Å². The molecule has 0 aliphatic carbocycles. The van der Waals surface area contributed by atoms with Crippen LogP contribution in [0.25, 0.3) is 0 Å². The molecule has 2 aromatic rings. The first-order valence-corrected chi connectivity index (χ1v) is 7.92. The Bertz CT molecular complexity index is 664. The molecule has 0 unspecified atom stereocenters. The molecule has 6 heteroatoms. The summed E-state index contributed by atoms with van der Waals surface area (Å²) in [5.41, 5.74) is 2.78. The Morgan fingerprint density at radius 3 is 2.75 bits per heavy atom. The zero-order chi connectivity index (χ0) is 14.6. The van der Waals surface area contributed by atoms with Crippen molar-refractivity contribution in [3.05, 3.63) is 47.3 Å². The molecule has 0 fully saturated rings. The third kappa shape index (κ3) is 3.68. The second-order valence-electron chi connectivity index (χ2n) is 4.80. The van der Waals surface area contributed by atoms with Crippen LogP contribution in [0.3, 0.4) is 0 Å². The molecule has 0 spiro atoms. The number of nitrogens with zero attached hydrogens (tertiary/aromatic N) is 1. The fraction of sp³-hybridized carbons (Fsp3) is 0.357. The summed E-state index contributed by atoms with van der Waals surface area (Å²) in [7, 11) is -3.44. The summed E-state index contributed by atoms with van der Waals surface area (Å²) in [5.74, 6) is 0. The Morgan fingerprint density at radius 1 is 1.30 bits per heavy atom. The van der Waals surface area contributed by atoms with Gasteiger partial charge in [0.25, 0.3) is 0 Å². The molecule has 0 saturated carbocycles. The molecule has 5 nitrogen and oxygen atoms in total. The van der Waals surface area contributed by atoms with E-state index in [1.807, 2.05) is 13.0 Å². The van der Waals surface area contributed by atoms with Crippen molar-refractivity contribution < 1.29 is 12.9 Å². The molecule has 0 amide bonds. The van der Waals surface area contributed by atoms with Gasteiger partial charge < -0.3 is 4.52 Å². The normalized spacial score (nSPS) is 11.7. The number of hydrogen-bond acceptors (Lipinski definition) is 4. The minimum absolute atomic E-state index is 0.341. The van der Waals surface area contributed by atoms with Gasteiger partial charge in [-0.3, -0.25) is 0 Å². The van der Waals surface area contributed by atoms with Gasteiger partial charge in [0.2, 0.25) is 10.0 Å². The van der Waals surface area contributed by atoms with Gasteiger partial charge in [-0.25, -0.2) is 13.1 Å². The summed E-state index contributed by atoms with van der Waals surface area (Å²) in [6.07, 6.45) is 4.64. The zero-order valence-corrected chi connectivity index (χ0v) is 12.4. The number of aryl methyl sites for hydroxylation is 3. The van der Waals surface area contributed by atoms with E-state index in [4.69, 9.17) is 4.52 Å². The lowest BCUT2D eigenvalue weighted by atomic mass is 10.2. The summed E-state index contributed by atoms with van der Waals surface area (Å²) < 4.78 is 31.7. The average Bonchev–Trinajstić information content (AvgIpc) is 2.87. The third-order valence-electron chi connectivity index (χ3n) is 3.04. The first-order valence-electron chi connectivity index (χ1n) is 6.44. The molecular formula is C14H18N2O3S. The van der Waals surface area contributed by atoms with E-state index in [2.05, 4.69) is 9.88 Å². The lowest BCUT2D eigenvalue weighted by Crippen LogP contribution is -2.25. The molecule has 0 atom stereocenters. The number of aromatic nitrogens is 1. The molecule has 0 saturated heterocycles. The maximum Gasteiger partial charge on any atom is 0.240 e. The van der Waals surface area contributed by atoms with Crippen LogP contribution < -0.4 is 4.72 Å². The number of benzene rings is 1. The summed E-state index contributed by atoms with van der Waals surface area (Å²) in [5, 5.41) is 3.60. The van der Waals surface area contributed by atoms with Crippen LogP contribution in [0.2, 0.25) is 0 Å².